The highest BCUT2D eigenvalue weighted by atomic mass is 16.9. The van der Waals surface area contributed by atoms with Crippen molar-refractivity contribution in [2.45, 2.75) is 25.7 Å². The first-order valence-electron chi connectivity index (χ1n) is 7.17. The molecule has 3 heteroatoms. The molecule has 2 bridgehead atoms. The van der Waals surface area contributed by atoms with Crippen LogP contribution in [0, 0.1) is 17.7 Å². The number of rotatable bonds is 3. The third-order valence-corrected chi connectivity index (χ3v) is 3.73. The van der Waals surface area contributed by atoms with E-state index in [-0.39, 0.29) is 0 Å². The molecule has 1 aromatic rings. The van der Waals surface area contributed by atoms with Crippen molar-refractivity contribution < 1.29 is 15.6 Å². The summed E-state index contributed by atoms with van der Waals surface area (Å²) in [5.41, 5.74) is 1.70. The fourth-order valence-electron chi connectivity index (χ4n) is 2.47. The van der Waals surface area contributed by atoms with Crippen LogP contribution in [-0.2, 0) is 26.6 Å². The summed E-state index contributed by atoms with van der Waals surface area (Å²) in [6.07, 6.45) is 4.38. The summed E-state index contributed by atoms with van der Waals surface area (Å²) in [6, 6.07) is 8.17. The van der Waals surface area contributed by atoms with Crippen LogP contribution >= 0.6 is 0 Å². The molecule has 1 aromatic carbocycles. The number of benzene rings is 1. The average molecular weight is 260 g/mol. The zero-order valence-electron chi connectivity index (χ0n) is 12.1. The van der Waals surface area contributed by atoms with Crippen molar-refractivity contribution in [2.75, 3.05) is 19.8 Å². The number of aryl methyl sites for hydroxylation is 1. The number of fused-ring (bicyclic) bond motifs is 3. The second-order valence-corrected chi connectivity index (χ2v) is 5.27. The number of hydrogen-bond acceptors (Lipinski definition) is 3. The van der Waals surface area contributed by atoms with E-state index >= 15 is 0 Å². The second-order valence-electron chi connectivity index (χ2n) is 5.27. The molecule has 3 aliphatic rings. The quantitative estimate of drug-likeness (QED) is 0.781. The lowest BCUT2D eigenvalue weighted by molar-refractivity contribution is -0.471. The zero-order chi connectivity index (χ0) is 14.1. The minimum absolute atomic E-state index is 0.440. The fraction of sp³-hybridized carbons (Fsp3) is 0.500. The van der Waals surface area contributed by atoms with Crippen molar-refractivity contribution in [1.82, 2.24) is 0 Å². The van der Waals surface area contributed by atoms with E-state index in [0.717, 1.165) is 18.4 Å². The molecular formula is C16H18O3. The van der Waals surface area contributed by atoms with Gasteiger partial charge in [-0.15, -0.1) is 6.40 Å². The Hall–Kier alpha value is -1.34. The molecule has 0 aromatic heterocycles. The Balaban J connectivity index is 1.79. The minimum Gasteiger partial charge on any atom is -0.322 e. The van der Waals surface area contributed by atoms with E-state index in [9.17, 15) is 0 Å². The highest BCUT2D eigenvalue weighted by Crippen LogP contribution is 2.43. The molecule has 0 unspecified atom stereocenters. The molecule has 0 N–H and O–H groups in total. The summed E-state index contributed by atoms with van der Waals surface area (Å²) in [6.45, 7) is 3.48. The van der Waals surface area contributed by atoms with Gasteiger partial charge in [0.2, 0.25) is 0 Å². The van der Waals surface area contributed by atoms with Gasteiger partial charge in [0, 0.05) is 5.56 Å². The lowest BCUT2D eigenvalue weighted by atomic mass is 9.89. The van der Waals surface area contributed by atoms with Crippen molar-refractivity contribution in [1.29, 1.82) is 0 Å². The first-order valence-corrected chi connectivity index (χ1v) is 6.67. The van der Waals surface area contributed by atoms with Crippen LogP contribution in [0.1, 0.15) is 25.8 Å². The smallest absolute Gasteiger partial charge is 0.312 e. The minimum atomic E-state index is -1.09. The van der Waals surface area contributed by atoms with Gasteiger partial charge in [-0.2, -0.15) is 0 Å². The summed E-state index contributed by atoms with van der Waals surface area (Å²) in [5, 5.41) is 0. The van der Waals surface area contributed by atoms with Crippen molar-refractivity contribution in [3.63, 3.8) is 0 Å². The molecule has 0 aliphatic carbocycles. The van der Waals surface area contributed by atoms with E-state index in [1.165, 1.54) is 5.56 Å². The van der Waals surface area contributed by atoms with Gasteiger partial charge in [0.05, 0.1) is 19.8 Å². The largest absolute Gasteiger partial charge is 0.322 e. The lowest BCUT2D eigenvalue weighted by Crippen LogP contribution is -2.57. The Bertz CT molecular complexity index is 517. The van der Waals surface area contributed by atoms with Crippen LogP contribution in [0.25, 0.3) is 0 Å². The van der Waals surface area contributed by atoms with Gasteiger partial charge in [0.1, 0.15) is 6.79 Å². The molecule has 0 atom stereocenters. The van der Waals surface area contributed by atoms with Crippen molar-refractivity contribution >= 4 is 0 Å². The lowest BCUT2D eigenvalue weighted by Gasteiger charge is -2.49. The monoisotopic (exact) mass is 260 g/mol. The normalized spacial score (nSPS) is 33.4. The van der Waals surface area contributed by atoms with Crippen LogP contribution < -0.4 is 0 Å². The van der Waals surface area contributed by atoms with Crippen LogP contribution in [-0.4, -0.2) is 19.8 Å². The van der Waals surface area contributed by atoms with Crippen molar-refractivity contribution in [3.8, 4) is 12.3 Å². The van der Waals surface area contributed by atoms with Gasteiger partial charge < -0.3 is 14.2 Å². The standard InChI is InChI=1S/C16H18O3/c1-3-5-13-6-8-14(9-7-13)16-17-10-15(4-2,11-18-16)12-19-16/h2,6-9H,3,5,10-12H2,1H3/i2T. The molecule has 0 radical (unpaired) electrons. The SMILES string of the molecule is [3H]C#CC12COC(c3ccc(CCC)cc3)(OC1)OC2. The Morgan fingerprint density at radius 2 is 1.84 bits per heavy atom. The summed E-state index contributed by atoms with van der Waals surface area (Å²) in [4.78, 5) is 0. The highest BCUT2D eigenvalue weighted by Gasteiger charge is 2.53. The van der Waals surface area contributed by atoms with Crippen LogP contribution in [0.3, 0.4) is 0 Å². The molecule has 100 valence electrons. The molecular weight excluding hydrogens is 240 g/mol. The molecule has 3 fully saturated rings. The second kappa shape index (κ2) is 4.64. The molecule has 0 spiro atoms. The van der Waals surface area contributed by atoms with Crippen LogP contribution in [0.15, 0.2) is 24.3 Å². The summed E-state index contributed by atoms with van der Waals surface area (Å²) >= 11 is 0. The van der Waals surface area contributed by atoms with E-state index < -0.39 is 11.4 Å². The third-order valence-electron chi connectivity index (χ3n) is 3.73. The summed E-state index contributed by atoms with van der Waals surface area (Å²) in [5.74, 6) is 1.73. The van der Waals surface area contributed by atoms with Gasteiger partial charge in [0.15, 0.2) is 0 Å². The number of hydrogen-bond donors (Lipinski definition) is 0. The molecule has 3 saturated heterocycles. The maximum atomic E-state index is 7.03. The molecule has 3 nitrogen and oxygen atoms in total. The third kappa shape index (κ3) is 2.06. The van der Waals surface area contributed by atoms with Crippen LogP contribution in [0.2, 0.25) is 0 Å². The predicted octanol–water partition coefficient (Wildman–Crippen LogP) is 2.45. The van der Waals surface area contributed by atoms with Gasteiger partial charge in [0.25, 0.3) is 0 Å². The Morgan fingerprint density at radius 3 is 2.37 bits per heavy atom. The summed E-state index contributed by atoms with van der Waals surface area (Å²) in [7, 11) is 0. The number of ether oxygens (including phenoxy) is 3. The molecule has 3 aliphatic heterocycles. The van der Waals surface area contributed by atoms with Crippen LogP contribution in [0.5, 0.6) is 0 Å². The maximum Gasteiger partial charge on any atom is 0.312 e. The molecule has 19 heavy (non-hydrogen) atoms. The van der Waals surface area contributed by atoms with Gasteiger partial charge >= 0.3 is 5.97 Å². The Morgan fingerprint density at radius 1 is 1.21 bits per heavy atom. The summed E-state index contributed by atoms with van der Waals surface area (Å²) < 4.78 is 24.4. The maximum absolute atomic E-state index is 7.03. The topological polar surface area (TPSA) is 27.7 Å². The zero-order valence-corrected chi connectivity index (χ0v) is 11.1. The molecule has 0 amide bonds. The Labute approximate surface area is 115 Å². The van der Waals surface area contributed by atoms with E-state index in [4.69, 9.17) is 15.6 Å². The molecule has 0 saturated carbocycles. The first kappa shape index (κ1) is 11.5. The first-order chi connectivity index (χ1) is 9.72. The van der Waals surface area contributed by atoms with Gasteiger partial charge in [-0.25, -0.2) is 0 Å². The van der Waals surface area contributed by atoms with Crippen molar-refractivity contribution in [2.24, 2.45) is 5.41 Å². The van der Waals surface area contributed by atoms with E-state index in [2.05, 4.69) is 31.4 Å². The predicted molar refractivity (Wildman–Crippen MR) is 71.2 cm³/mol. The average Bonchev–Trinajstić information content (AvgIpc) is 2.50. The van der Waals surface area contributed by atoms with E-state index in [1.54, 1.807) is 0 Å². The number of terminal acetylenes is 1. The van der Waals surface area contributed by atoms with E-state index in [0.29, 0.717) is 19.8 Å². The van der Waals surface area contributed by atoms with Crippen molar-refractivity contribution in [3.05, 3.63) is 35.4 Å². The molecule has 3 heterocycles. The van der Waals surface area contributed by atoms with Gasteiger partial charge in [-0.1, -0.05) is 43.5 Å². The van der Waals surface area contributed by atoms with Gasteiger partial charge in [-0.3, -0.25) is 0 Å². The fourth-order valence-corrected chi connectivity index (χ4v) is 2.47. The molecule has 4 rings (SSSR count). The van der Waals surface area contributed by atoms with E-state index in [1.807, 2.05) is 12.1 Å². The van der Waals surface area contributed by atoms with Gasteiger partial charge in [-0.05, 0) is 12.0 Å². The highest BCUT2D eigenvalue weighted by molar-refractivity contribution is 5.26. The van der Waals surface area contributed by atoms with Crippen LogP contribution in [0.4, 0.5) is 0 Å². The Kier molecular flexibility index (Phi) is 2.81.